The van der Waals surface area contributed by atoms with Crippen molar-refractivity contribution < 1.29 is 17.9 Å². The lowest BCUT2D eigenvalue weighted by atomic mass is 10.2. The maximum absolute atomic E-state index is 12.6. The quantitative estimate of drug-likeness (QED) is 0.818. The summed E-state index contributed by atoms with van der Waals surface area (Å²) in [6.07, 6.45) is -0.659. The van der Waals surface area contributed by atoms with Gasteiger partial charge in [0, 0.05) is 20.6 Å². The number of rotatable bonds is 7. The van der Waals surface area contributed by atoms with E-state index < -0.39 is 16.1 Å². The van der Waals surface area contributed by atoms with Gasteiger partial charge in [0.1, 0.15) is 5.75 Å². The van der Waals surface area contributed by atoms with E-state index in [1.54, 1.807) is 26.1 Å². The van der Waals surface area contributed by atoms with Crippen molar-refractivity contribution in [1.29, 1.82) is 0 Å². The summed E-state index contributed by atoms with van der Waals surface area (Å²) in [5, 5.41) is 2.49. The minimum Gasteiger partial charge on any atom is -0.481 e. The van der Waals surface area contributed by atoms with E-state index in [0.717, 1.165) is 5.56 Å². The van der Waals surface area contributed by atoms with Gasteiger partial charge in [0.25, 0.3) is 5.91 Å². The molecule has 25 heavy (non-hydrogen) atoms. The largest absolute Gasteiger partial charge is 0.481 e. The van der Waals surface area contributed by atoms with Crippen LogP contribution in [-0.2, 0) is 21.4 Å². The van der Waals surface area contributed by atoms with E-state index in [2.05, 4.69) is 5.32 Å². The zero-order valence-corrected chi connectivity index (χ0v) is 15.3. The Hall–Kier alpha value is -2.38. The molecule has 0 heterocycles. The minimum absolute atomic E-state index is 0.172. The van der Waals surface area contributed by atoms with E-state index in [1.165, 1.54) is 23.5 Å². The first-order valence-corrected chi connectivity index (χ1v) is 9.27. The smallest absolute Gasteiger partial charge is 0.260 e. The summed E-state index contributed by atoms with van der Waals surface area (Å²) in [5.41, 5.74) is 0.910. The maximum atomic E-state index is 12.6. The summed E-state index contributed by atoms with van der Waals surface area (Å²) in [6, 6.07) is 15.4. The molecule has 2 aromatic carbocycles. The van der Waals surface area contributed by atoms with Crippen molar-refractivity contribution in [1.82, 2.24) is 9.62 Å². The third-order valence-electron chi connectivity index (χ3n) is 3.71. The van der Waals surface area contributed by atoms with Crippen molar-refractivity contribution in [2.45, 2.75) is 24.5 Å². The lowest BCUT2D eigenvalue weighted by Gasteiger charge is -2.18. The van der Waals surface area contributed by atoms with Gasteiger partial charge in [-0.2, -0.15) is 4.31 Å². The number of hydrogen-bond donors (Lipinski definition) is 1. The topological polar surface area (TPSA) is 75.7 Å². The van der Waals surface area contributed by atoms with Crippen molar-refractivity contribution in [3.05, 3.63) is 60.2 Å². The lowest BCUT2D eigenvalue weighted by Crippen LogP contribution is -2.33. The number of likely N-dealkylation sites (N-methyl/N-ethyl adjacent to an activating group) is 1. The maximum Gasteiger partial charge on any atom is 0.260 e. The molecular weight excluding hydrogens is 340 g/mol. The van der Waals surface area contributed by atoms with Crippen LogP contribution in [0.1, 0.15) is 12.5 Å². The first-order valence-electron chi connectivity index (χ1n) is 7.83. The molecule has 0 fully saturated rings. The molecule has 1 N–H and O–H groups in total. The van der Waals surface area contributed by atoms with Gasteiger partial charge in [0.2, 0.25) is 10.0 Å². The van der Waals surface area contributed by atoms with Gasteiger partial charge < -0.3 is 10.1 Å². The lowest BCUT2D eigenvalue weighted by molar-refractivity contribution is -0.126. The molecule has 0 spiro atoms. The zero-order valence-electron chi connectivity index (χ0n) is 14.5. The predicted molar refractivity (Wildman–Crippen MR) is 95.7 cm³/mol. The van der Waals surface area contributed by atoms with Crippen molar-refractivity contribution >= 4 is 15.9 Å². The molecule has 134 valence electrons. The summed E-state index contributed by atoms with van der Waals surface area (Å²) >= 11 is 0. The normalized spacial score (nSPS) is 12.6. The van der Waals surface area contributed by atoms with Crippen LogP contribution in [0.25, 0.3) is 0 Å². The van der Waals surface area contributed by atoms with E-state index in [-0.39, 0.29) is 17.3 Å². The molecular formula is C18H22N2O4S. The van der Waals surface area contributed by atoms with Crippen LogP contribution >= 0.6 is 0 Å². The Morgan fingerprint density at radius 3 is 2.28 bits per heavy atom. The Balaban J connectivity index is 2.10. The minimum atomic E-state index is -3.60. The molecule has 0 aliphatic heterocycles. The van der Waals surface area contributed by atoms with Crippen molar-refractivity contribution in [3.63, 3.8) is 0 Å². The molecule has 0 bridgehead atoms. The molecule has 6 nitrogen and oxygen atoms in total. The third kappa shape index (κ3) is 4.80. The van der Waals surface area contributed by atoms with Crippen LogP contribution in [0.5, 0.6) is 5.75 Å². The standard InChI is InChI=1S/C18H22N2O4S/c1-14(18(21)19-2)24-16-9-11-17(12-10-16)25(22,23)20(3)13-15-7-5-4-6-8-15/h4-12,14H,13H2,1-3H3,(H,19,21)/t14-/m0/s1. The van der Waals surface area contributed by atoms with E-state index >= 15 is 0 Å². The molecule has 0 saturated carbocycles. The number of sulfonamides is 1. The van der Waals surface area contributed by atoms with Crippen LogP contribution in [0.2, 0.25) is 0 Å². The summed E-state index contributed by atoms with van der Waals surface area (Å²) < 4.78 is 32.1. The average molecular weight is 362 g/mol. The Kier molecular flexibility index (Phi) is 6.17. The monoisotopic (exact) mass is 362 g/mol. The summed E-state index contributed by atoms with van der Waals surface area (Å²) in [6.45, 7) is 1.91. The number of hydrogen-bond acceptors (Lipinski definition) is 4. The van der Waals surface area contributed by atoms with Crippen LogP contribution in [0.3, 0.4) is 0 Å². The third-order valence-corrected chi connectivity index (χ3v) is 5.53. The second-order valence-corrected chi connectivity index (χ2v) is 7.64. The van der Waals surface area contributed by atoms with Crippen molar-refractivity contribution in [2.75, 3.05) is 14.1 Å². The molecule has 0 unspecified atom stereocenters. The van der Waals surface area contributed by atoms with Gasteiger partial charge in [-0.15, -0.1) is 0 Å². The molecule has 0 radical (unpaired) electrons. The van der Waals surface area contributed by atoms with Crippen LogP contribution in [0, 0.1) is 0 Å². The van der Waals surface area contributed by atoms with Gasteiger partial charge >= 0.3 is 0 Å². The zero-order chi connectivity index (χ0) is 18.4. The highest BCUT2D eigenvalue weighted by Crippen LogP contribution is 2.21. The fourth-order valence-electron chi connectivity index (χ4n) is 2.26. The van der Waals surface area contributed by atoms with Crippen LogP contribution in [0.15, 0.2) is 59.5 Å². The SMILES string of the molecule is CNC(=O)[C@H](C)Oc1ccc(S(=O)(=O)N(C)Cc2ccccc2)cc1. The fraction of sp³-hybridized carbons (Fsp3) is 0.278. The van der Waals surface area contributed by atoms with E-state index in [9.17, 15) is 13.2 Å². The molecule has 2 aromatic rings. The predicted octanol–water partition coefficient (Wildman–Crippen LogP) is 2.02. The average Bonchev–Trinajstić information content (AvgIpc) is 2.62. The molecule has 1 amide bonds. The number of benzene rings is 2. The van der Waals surface area contributed by atoms with Crippen LogP contribution in [-0.4, -0.2) is 38.8 Å². The number of amides is 1. The Labute approximate surface area is 148 Å². The first kappa shape index (κ1) is 19.0. The van der Waals surface area contributed by atoms with Crippen molar-refractivity contribution in [3.8, 4) is 5.75 Å². The fourth-order valence-corrected chi connectivity index (χ4v) is 3.42. The summed E-state index contributed by atoms with van der Waals surface area (Å²) in [4.78, 5) is 11.6. The molecule has 0 aliphatic rings. The molecule has 0 aromatic heterocycles. The van der Waals surface area contributed by atoms with Gasteiger partial charge in [0.15, 0.2) is 6.10 Å². The summed E-state index contributed by atoms with van der Waals surface area (Å²) in [5.74, 6) is 0.181. The van der Waals surface area contributed by atoms with Gasteiger partial charge in [0.05, 0.1) is 4.90 Å². The molecule has 2 rings (SSSR count). The first-order chi connectivity index (χ1) is 11.8. The highest BCUT2D eigenvalue weighted by molar-refractivity contribution is 7.89. The van der Waals surface area contributed by atoms with Gasteiger partial charge in [-0.3, -0.25) is 4.79 Å². The molecule has 0 saturated heterocycles. The van der Waals surface area contributed by atoms with Gasteiger partial charge in [-0.25, -0.2) is 8.42 Å². The Morgan fingerprint density at radius 1 is 1.12 bits per heavy atom. The second kappa shape index (κ2) is 8.13. The number of carbonyl (C=O) groups excluding carboxylic acids is 1. The van der Waals surface area contributed by atoms with Gasteiger partial charge in [-0.1, -0.05) is 30.3 Å². The van der Waals surface area contributed by atoms with Crippen molar-refractivity contribution in [2.24, 2.45) is 0 Å². The Morgan fingerprint density at radius 2 is 1.72 bits per heavy atom. The number of nitrogens with zero attached hydrogens (tertiary/aromatic N) is 1. The molecule has 7 heteroatoms. The molecule has 1 atom stereocenters. The number of carbonyl (C=O) groups is 1. The number of ether oxygens (including phenoxy) is 1. The second-order valence-electron chi connectivity index (χ2n) is 5.59. The Bertz CT molecular complexity index is 805. The van der Waals surface area contributed by atoms with E-state index in [1.807, 2.05) is 30.3 Å². The van der Waals surface area contributed by atoms with E-state index in [0.29, 0.717) is 5.75 Å². The summed E-state index contributed by atoms with van der Waals surface area (Å²) in [7, 11) is -0.535. The highest BCUT2D eigenvalue weighted by atomic mass is 32.2. The van der Waals surface area contributed by atoms with E-state index in [4.69, 9.17) is 4.74 Å². The van der Waals surface area contributed by atoms with Gasteiger partial charge in [-0.05, 0) is 36.8 Å². The van der Waals surface area contributed by atoms with Crippen LogP contribution in [0.4, 0.5) is 0 Å². The number of nitrogens with one attached hydrogen (secondary N) is 1. The highest BCUT2D eigenvalue weighted by Gasteiger charge is 2.21. The van der Waals surface area contributed by atoms with Crippen LogP contribution < -0.4 is 10.1 Å². The molecule has 0 aliphatic carbocycles.